The molecule has 1 aromatic carbocycles. The molecule has 0 saturated heterocycles. The lowest BCUT2D eigenvalue weighted by atomic mass is 10.1. The van der Waals surface area contributed by atoms with Crippen molar-refractivity contribution >= 4 is 17.3 Å². The molecule has 1 heterocycles. The number of anilines is 2. The topological polar surface area (TPSA) is 62.5 Å². The molecule has 2 rings (SSSR count). The maximum atomic E-state index is 12.0. The molecule has 0 fully saturated rings. The van der Waals surface area contributed by atoms with Crippen molar-refractivity contribution in [3.8, 4) is 0 Å². The number of hydrogen-bond donors (Lipinski definition) is 1. The van der Waals surface area contributed by atoms with Gasteiger partial charge >= 0.3 is 0 Å². The number of pyridine rings is 1. The van der Waals surface area contributed by atoms with E-state index in [0.29, 0.717) is 17.8 Å². The fourth-order valence-corrected chi connectivity index (χ4v) is 2.11. The lowest BCUT2D eigenvalue weighted by Crippen LogP contribution is -2.23. The van der Waals surface area contributed by atoms with Crippen LogP contribution in [0.15, 0.2) is 42.7 Å². The summed E-state index contributed by atoms with van der Waals surface area (Å²) in [6.45, 7) is 0.701. The fourth-order valence-electron chi connectivity index (χ4n) is 2.11. The Morgan fingerprint density at radius 3 is 2.43 bits per heavy atom. The molecule has 2 aromatic rings. The summed E-state index contributed by atoms with van der Waals surface area (Å²) < 4.78 is 0. The van der Waals surface area contributed by atoms with Crippen LogP contribution in [0.5, 0.6) is 0 Å². The van der Waals surface area contributed by atoms with Gasteiger partial charge in [0.2, 0.25) is 0 Å². The maximum absolute atomic E-state index is 12.0. The summed E-state index contributed by atoms with van der Waals surface area (Å²) in [5.74, 6) is -0.0337. The average Bonchev–Trinajstić information content (AvgIpc) is 2.47. The van der Waals surface area contributed by atoms with Gasteiger partial charge in [0, 0.05) is 45.6 Å². The molecule has 0 aliphatic heterocycles. The smallest absolute Gasteiger partial charge is 0.253 e. The molecule has 0 spiro atoms. The Morgan fingerprint density at radius 1 is 1.14 bits per heavy atom. The van der Waals surface area contributed by atoms with Gasteiger partial charge in [-0.2, -0.15) is 0 Å². The van der Waals surface area contributed by atoms with E-state index in [0.717, 1.165) is 11.3 Å². The minimum absolute atomic E-state index is 0.0337. The zero-order chi connectivity index (χ0) is 15.4. The molecule has 110 valence electrons. The minimum atomic E-state index is -0.0337. The van der Waals surface area contributed by atoms with Crippen LogP contribution in [0, 0.1) is 0 Å². The van der Waals surface area contributed by atoms with Crippen molar-refractivity contribution in [2.75, 3.05) is 31.8 Å². The minimum Gasteiger partial charge on any atom is -0.397 e. The van der Waals surface area contributed by atoms with Crippen molar-refractivity contribution in [2.45, 2.75) is 6.54 Å². The molecule has 21 heavy (non-hydrogen) atoms. The molecule has 0 aliphatic carbocycles. The highest BCUT2D eigenvalue weighted by atomic mass is 16.2. The van der Waals surface area contributed by atoms with E-state index in [2.05, 4.69) is 4.98 Å². The molecule has 1 amide bonds. The zero-order valence-electron chi connectivity index (χ0n) is 12.6. The molecule has 1 aromatic heterocycles. The summed E-state index contributed by atoms with van der Waals surface area (Å²) in [5.41, 5.74) is 9.31. The van der Waals surface area contributed by atoms with Gasteiger partial charge in [-0.1, -0.05) is 0 Å². The third-order valence-corrected chi connectivity index (χ3v) is 3.26. The Labute approximate surface area is 125 Å². The van der Waals surface area contributed by atoms with E-state index in [4.69, 9.17) is 5.73 Å². The van der Waals surface area contributed by atoms with Gasteiger partial charge in [0.1, 0.15) is 0 Å². The van der Waals surface area contributed by atoms with E-state index in [1.54, 1.807) is 43.5 Å². The van der Waals surface area contributed by atoms with Crippen molar-refractivity contribution in [3.63, 3.8) is 0 Å². The number of aromatic nitrogens is 1. The van der Waals surface area contributed by atoms with Crippen LogP contribution in [0.1, 0.15) is 15.9 Å². The summed E-state index contributed by atoms with van der Waals surface area (Å²) in [6.07, 6.45) is 3.52. The standard InChI is InChI=1S/C16H20N4O/c1-19(2)16(21)13-4-5-14(17)15(10-13)20(3)11-12-6-8-18-9-7-12/h4-10H,11,17H2,1-3H3. The molecular weight excluding hydrogens is 264 g/mol. The number of nitrogens with two attached hydrogens (primary N) is 1. The predicted octanol–water partition coefficient (Wildman–Crippen LogP) is 2.00. The van der Waals surface area contributed by atoms with Crippen LogP contribution in [0.3, 0.4) is 0 Å². The van der Waals surface area contributed by atoms with Gasteiger partial charge in [0.15, 0.2) is 0 Å². The molecular formula is C16H20N4O. The third kappa shape index (κ3) is 3.51. The number of amides is 1. The molecule has 0 aliphatic rings. The first-order valence-corrected chi connectivity index (χ1v) is 6.70. The second-order valence-corrected chi connectivity index (χ2v) is 5.18. The molecule has 0 radical (unpaired) electrons. The van der Waals surface area contributed by atoms with Crippen LogP contribution in [0.4, 0.5) is 11.4 Å². The SMILES string of the molecule is CN(C)C(=O)c1ccc(N)c(N(C)Cc2ccncc2)c1. The van der Waals surface area contributed by atoms with Gasteiger partial charge in [0.25, 0.3) is 5.91 Å². The Balaban J connectivity index is 2.26. The highest BCUT2D eigenvalue weighted by molar-refractivity contribution is 5.96. The summed E-state index contributed by atoms with van der Waals surface area (Å²) >= 11 is 0. The van der Waals surface area contributed by atoms with E-state index >= 15 is 0 Å². The van der Waals surface area contributed by atoms with Crippen molar-refractivity contribution in [3.05, 3.63) is 53.9 Å². The van der Waals surface area contributed by atoms with Crippen molar-refractivity contribution in [1.29, 1.82) is 0 Å². The van der Waals surface area contributed by atoms with E-state index in [1.165, 1.54) is 0 Å². The first kappa shape index (κ1) is 14.8. The van der Waals surface area contributed by atoms with Crippen molar-refractivity contribution in [1.82, 2.24) is 9.88 Å². The van der Waals surface area contributed by atoms with Gasteiger partial charge in [-0.05, 0) is 35.9 Å². The maximum Gasteiger partial charge on any atom is 0.253 e. The Bertz CT molecular complexity index is 625. The van der Waals surface area contributed by atoms with E-state index in [9.17, 15) is 4.79 Å². The summed E-state index contributed by atoms with van der Waals surface area (Å²) in [6, 6.07) is 9.28. The molecule has 5 heteroatoms. The molecule has 0 unspecified atom stereocenters. The summed E-state index contributed by atoms with van der Waals surface area (Å²) in [4.78, 5) is 19.6. The van der Waals surface area contributed by atoms with Crippen LogP contribution < -0.4 is 10.6 Å². The second-order valence-electron chi connectivity index (χ2n) is 5.18. The molecule has 2 N–H and O–H groups in total. The number of rotatable bonds is 4. The van der Waals surface area contributed by atoms with Crippen molar-refractivity contribution < 1.29 is 4.79 Å². The third-order valence-electron chi connectivity index (χ3n) is 3.26. The van der Waals surface area contributed by atoms with Crippen LogP contribution in [0.2, 0.25) is 0 Å². The van der Waals surface area contributed by atoms with Gasteiger partial charge in [0.05, 0.1) is 11.4 Å². The first-order chi connectivity index (χ1) is 9.99. The fraction of sp³-hybridized carbons (Fsp3) is 0.250. The Morgan fingerprint density at radius 2 is 1.81 bits per heavy atom. The lowest BCUT2D eigenvalue weighted by molar-refractivity contribution is 0.0827. The van der Waals surface area contributed by atoms with E-state index in [-0.39, 0.29) is 5.91 Å². The first-order valence-electron chi connectivity index (χ1n) is 6.70. The van der Waals surface area contributed by atoms with Crippen LogP contribution >= 0.6 is 0 Å². The molecule has 5 nitrogen and oxygen atoms in total. The monoisotopic (exact) mass is 284 g/mol. The van der Waals surface area contributed by atoms with Gasteiger partial charge in [-0.25, -0.2) is 0 Å². The highest BCUT2D eigenvalue weighted by Gasteiger charge is 2.12. The molecule has 0 bridgehead atoms. The average molecular weight is 284 g/mol. The van der Waals surface area contributed by atoms with Gasteiger partial charge in [-0.3, -0.25) is 9.78 Å². The largest absolute Gasteiger partial charge is 0.397 e. The number of carbonyl (C=O) groups excluding carboxylic acids is 1. The Kier molecular flexibility index (Phi) is 4.42. The van der Waals surface area contributed by atoms with E-state index < -0.39 is 0 Å². The quantitative estimate of drug-likeness (QED) is 0.872. The number of hydrogen-bond acceptors (Lipinski definition) is 4. The molecule has 0 atom stereocenters. The van der Waals surface area contributed by atoms with Gasteiger partial charge < -0.3 is 15.5 Å². The highest BCUT2D eigenvalue weighted by Crippen LogP contribution is 2.25. The zero-order valence-corrected chi connectivity index (χ0v) is 12.6. The van der Waals surface area contributed by atoms with Crippen LogP contribution in [-0.2, 0) is 6.54 Å². The number of nitrogen functional groups attached to an aromatic ring is 1. The molecule has 0 saturated carbocycles. The Hall–Kier alpha value is -2.56. The summed E-state index contributed by atoms with van der Waals surface area (Å²) in [7, 11) is 5.42. The number of benzene rings is 1. The predicted molar refractivity (Wildman–Crippen MR) is 85.2 cm³/mol. The number of carbonyl (C=O) groups is 1. The van der Waals surface area contributed by atoms with E-state index in [1.807, 2.05) is 30.1 Å². The van der Waals surface area contributed by atoms with Crippen LogP contribution in [0.25, 0.3) is 0 Å². The summed E-state index contributed by atoms with van der Waals surface area (Å²) in [5, 5.41) is 0. The van der Waals surface area contributed by atoms with Crippen LogP contribution in [-0.4, -0.2) is 36.9 Å². The second kappa shape index (κ2) is 6.26. The normalized spacial score (nSPS) is 10.2. The number of nitrogens with zero attached hydrogens (tertiary/aromatic N) is 3. The van der Waals surface area contributed by atoms with Gasteiger partial charge in [-0.15, -0.1) is 0 Å². The lowest BCUT2D eigenvalue weighted by Gasteiger charge is -2.22. The van der Waals surface area contributed by atoms with Crippen molar-refractivity contribution in [2.24, 2.45) is 0 Å².